The summed E-state index contributed by atoms with van der Waals surface area (Å²) in [5.74, 6) is -0.265. The number of likely N-dealkylation sites (tertiary alicyclic amines) is 1. The van der Waals surface area contributed by atoms with Crippen LogP contribution in [0.1, 0.15) is 32.8 Å². The van der Waals surface area contributed by atoms with Crippen LogP contribution in [0, 0.1) is 10.1 Å². The molecular formula is C15H19F3N4O4. The second-order valence-electron chi connectivity index (χ2n) is 6.90. The van der Waals surface area contributed by atoms with Crippen LogP contribution >= 0.6 is 0 Å². The zero-order valence-electron chi connectivity index (χ0n) is 14.5. The molecule has 1 N–H and O–H groups in total. The second-order valence-corrected chi connectivity index (χ2v) is 6.90. The molecule has 1 aromatic rings. The van der Waals surface area contributed by atoms with Crippen molar-refractivity contribution in [2.24, 2.45) is 0 Å². The van der Waals surface area contributed by atoms with Crippen LogP contribution in [0.25, 0.3) is 0 Å². The van der Waals surface area contributed by atoms with Gasteiger partial charge in [-0.1, -0.05) is 0 Å². The van der Waals surface area contributed by atoms with Gasteiger partial charge in [-0.15, -0.1) is 0 Å². The Balaban J connectivity index is 2.10. The van der Waals surface area contributed by atoms with Crippen LogP contribution in [-0.4, -0.2) is 45.6 Å². The number of amides is 1. The highest BCUT2D eigenvalue weighted by atomic mass is 19.4. The van der Waals surface area contributed by atoms with E-state index in [1.807, 2.05) is 0 Å². The lowest BCUT2D eigenvalue weighted by Gasteiger charge is -2.24. The summed E-state index contributed by atoms with van der Waals surface area (Å²) in [7, 11) is 0. The molecule has 1 saturated heterocycles. The standard InChI is InChI=1S/C15H19F3N4O4/c1-14(2,3)26-13(23)21-5-4-10(8-21)20-12-11(22(24)25)6-9(7-19-12)15(16,17)18/h6-7,10H,4-5,8H2,1-3H3,(H,19,20). The average molecular weight is 376 g/mol. The van der Waals surface area contributed by atoms with E-state index in [9.17, 15) is 28.1 Å². The Bertz CT molecular complexity index is 703. The smallest absolute Gasteiger partial charge is 0.418 e. The highest BCUT2D eigenvalue weighted by Gasteiger charge is 2.35. The van der Waals surface area contributed by atoms with Crippen LogP contribution in [0.5, 0.6) is 0 Å². The molecule has 0 bridgehead atoms. The van der Waals surface area contributed by atoms with Gasteiger partial charge in [-0.25, -0.2) is 9.78 Å². The Morgan fingerprint density at radius 1 is 1.42 bits per heavy atom. The quantitative estimate of drug-likeness (QED) is 0.641. The first-order valence-corrected chi connectivity index (χ1v) is 7.83. The fourth-order valence-corrected chi connectivity index (χ4v) is 2.42. The predicted octanol–water partition coefficient (Wildman–Crippen LogP) is 3.43. The van der Waals surface area contributed by atoms with Crippen molar-refractivity contribution < 1.29 is 27.6 Å². The number of anilines is 1. The minimum absolute atomic E-state index is 0.203. The molecule has 0 radical (unpaired) electrons. The Kier molecular flexibility index (Phi) is 5.28. The lowest BCUT2D eigenvalue weighted by Crippen LogP contribution is -2.36. The number of hydrogen-bond donors (Lipinski definition) is 1. The molecular weight excluding hydrogens is 357 g/mol. The topological polar surface area (TPSA) is 97.6 Å². The van der Waals surface area contributed by atoms with Crippen LogP contribution in [0.2, 0.25) is 0 Å². The van der Waals surface area contributed by atoms with Crippen LogP contribution in [0.4, 0.5) is 29.5 Å². The van der Waals surface area contributed by atoms with Crippen LogP contribution in [0.3, 0.4) is 0 Å². The summed E-state index contributed by atoms with van der Waals surface area (Å²) < 4.78 is 43.4. The zero-order valence-corrected chi connectivity index (χ0v) is 14.5. The molecule has 1 fully saturated rings. The van der Waals surface area contributed by atoms with E-state index in [-0.39, 0.29) is 18.4 Å². The monoisotopic (exact) mass is 376 g/mol. The fourth-order valence-electron chi connectivity index (χ4n) is 2.42. The predicted molar refractivity (Wildman–Crippen MR) is 85.7 cm³/mol. The van der Waals surface area contributed by atoms with E-state index in [1.165, 1.54) is 4.90 Å². The van der Waals surface area contributed by atoms with Gasteiger partial charge < -0.3 is 15.0 Å². The number of alkyl halides is 3. The van der Waals surface area contributed by atoms with Gasteiger partial charge in [-0.05, 0) is 27.2 Å². The maximum absolute atomic E-state index is 12.7. The normalized spacial score (nSPS) is 17.9. The Labute approximate surface area is 147 Å². The van der Waals surface area contributed by atoms with E-state index in [0.717, 1.165) is 0 Å². The molecule has 26 heavy (non-hydrogen) atoms. The van der Waals surface area contributed by atoms with E-state index >= 15 is 0 Å². The molecule has 0 saturated carbocycles. The average Bonchev–Trinajstić information content (AvgIpc) is 2.93. The molecule has 2 rings (SSSR count). The lowest BCUT2D eigenvalue weighted by atomic mass is 10.2. The minimum atomic E-state index is -4.73. The number of carbonyl (C=O) groups is 1. The highest BCUT2D eigenvalue weighted by Crippen LogP contribution is 2.34. The van der Waals surface area contributed by atoms with Gasteiger partial charge in [0, 0.05) is 31.4 Å². The first-order chi connectivity index (χ1) is 11.9. The van der Waals surface area contributed by atoms with E-state index in [4.69, 9.17) is 4.74 Å². The molecule has 0 aliphatic carbocycles. The third-order valence-electron chi connectivity index (χ3n) is 3.57. The van der Waals surface area contributed by atoms with Gasteiger partial charge in [-0.3, -0.25) is 10.1 Å². The van der Waals surface area contributed by atoms with Gasteiger partial charge >= 0.3 is 18.0 Å². The third-order valence-corrected chi connectivity index (χ3v) is 3.57. The Morgan fingerprint density at radius 2 is 2.08 bits per heavy atom. The van der Waals surface area contributed by atoms with Crippen molar-refractivity contribution >= 4 is 17.6 Å². The Hall–Kier alpha value is -2.59. The molecule has 1 aromatic heterocycles. The first kappa shape index (κ1) is 19.7. The summed E-state index contributed by atoms with van der Waals surface area (Å²) in [6.07, 6.45) is -4.25. The number of hydrogen-bond acceptors (Lipinski definition) is 6. The third kappa shape index (κ3) is 4.96. The van der Waals surface area contributed by atoms with Crippen molar-refractivity contribution in [1.29, 1.82) is 0 Å². The van der Waals surface area contributed by atoms with Gasteiger partial charge in [0.15, 0.2) is 0 Å². The van der Waals surface area contributed by atoms with Crippen LogP contribution < -0.4 is 5.32 Å². The number of rotatable bonds is 3. The van der Waals surface area contributed by atoms with Gasteiger partial charge in [0.05, 0.1) is 10.5 Å². The molecule has 1 unspecified atom stereocenters. The van der Waals surface area contributed by atoms with Gasteiger partial charge in [0.2, 0.25) is 5.82 Å². The van der Waals surface area contributed by atoms with E-state index in [1.54, 1.807) is 20.8 Å². The van der Waals surface area contributed by atoms with Crippen molar-refractivity contribution in [3.8, 4) is 0 Å². The van der Waals surface area contributed by atoms with E-state index < -0.39 is 34.0 Å². The largest absolute Gasteiger partial charge is 0.444 e. The maximum atomic E-state index is 12.7. The first-order valence-electron chi connectivity index (χ1n) is 7.83. The molecule has 0 spiro atoms. The number of nitrogens with zero attached hydrogens (tertiary/aromatic N) is 3. The van der Waals surface area contributed by atoms with Crippen molar-refractivity contribution in [2.75, 3.05) is 18.4 Å². The molecule has 11 heteroatoms. The summed E-state index contributed by atoms with van der Waals surface area (Å²) in [4.78, 5) is 27.1. The molecule has 1 aliphatic heterocycles. The van der Waals surface area contributed by atoms with Gasteiger partial charge in [0.1, 0.15) is 5.60 Å². The molecule has 1 amide bonds. The molecule has 2 heterocycles. The summed E-state index contributed by atoms with van der Waals surface area (Å²) in [5.41, 5.74) is -2.62. The molecule has 144 valence electrons. The summed E-state index contributed by atoms with van der Waals surface area (Å²) >= 11 is 0. The van der Waals surface area contributed by atoms with Crippen molar-refractivity contribution in [3.63, 3.8) is 0 Å². The number of ether oxygens (including phenoxy) is 1. The lowest BCUT2D eigenvalue weighted by molar-refractivity contribution is -0.384. The van der Waals surface area contributed by atoms with Gasteiger partial charge in [-0.2, -0.15) is 13.2 Å². The number of carbonyl (C=O) groups excluding carboxylic acids is 1. The van der Waals surface area contributed by atoms with Crippen molar-refractivity contribution in [1.82, 2.24) is 9.88 Å². The van der Waals surface area contributed by atoms with E-state index in [2.05, 4.69) is 10.3 Å². The van der Waals surface area contributed by atoms with E-state index in [0.29, 0.717) is 25.2 Å². The molecule has 8 nitrogen and oxygen atoms in total. The van der Waals surface area contributed by atoms with Crippen molar-refractivity contribution in [2.45, 2.75) is 45.0 Å². The zero-order chi connectivity index (χ0) is 19.7. The number of nitrogens with one attached hydrogen (secondary N) is 1. The number of aromatic nitrogens is 1. The van der Waals surface area contributed by atoms with Crippen LogP contribution in [0.15, 0.2) is 12.3 Å². The highest BCUT2D eigenvalue weighted by molar-refractivity contribution is 5.69. The number of nitro groups is 1. The maximum Gasteiger partial charge on any atom is 0.418 e. The molecule has 0 aromatic carbocycles. The number of pyridine rings is 1. The van der Waals surface area contributed by atoms with Gasteiger partial charge in [0.25, 0.3) is 0 Å². The fraction of sp³-hybridized carbons (Fsp3) is 0.600. The second kappa shape index (κ2) is 6.96. The number of halogens is 3. The molecule has 1 aliphatic rings. The summed E-state index contributed by atoms with van der Waals surface area (Å²) in [6, 6.07) is 0.0566. The summed E-state index contributed by atoms with van der Waals surface area (Å²) in [5, 5.41) is 13.8. The summed E-state index contributed by atoms with van der Waals surface area (Å²) in [6.45, 7) is 5.75. The van der Waals surface area contributed by atoms with Crippen LogP contribution in [-0.2, 0) is 10.9 Å². The van der Waals surface area contributed by atoms with Crippen molar-refractivity contribution in [3.05, 3.63) is 27.9 Å². The SMILES string of the molecule is CC(C)(C)OC(=O)N1CCC(Nc2ncc(C(F)(F)F)cc2[N+](=O)[O-])C1. The molecule has 1 atom stereocenters. The minimum Gasteiger partial charge on any atom is -0.444 e. The Morgan fingerprint density at radius 3 is 2.62 bits per heavy atom.